The van der Waals surface area contributed by atoms with E-state index in [4.69, 9.17) is 4.74 Å². The smallest absolute Gasteiger partial charge is 0.411 e. The molecule has 0 aromatic heterocycles. The Morgan fingerprint density at radius 3 is 2.59 bits per heavy atom. The molecular formula is C12H21N3O2. The molecule has 96 valence electrons. The predicted molar refractivity (Wildman–Crippen MR) is 65.2 cm³/mol. The second-order valence-electron chi connectivity index (χ2n) is 5.76. The molecule has 0 saturated heterocycles. The Hall–Kier alpha value is -1.23. The third-order valence-corrected chi connectivity index (χ3v) is 3.05. The molecule has 0 aromatic rings. The highest BCUT2D eigenvalue weighted by Gasteiger charge is 2.38. The molecular weight excluding hydrogens is 218 g/mol. The number of hydrazine groups is 1. The minimum absolute atomic E-state index is 0.122. The van der Waals surface area contributed by atoms with E-state index in [1.54, 1.807) is 4.90 Å². The van der Waals surface area contributed by atoms with Gasteiger partial charge in [-0.15, -0.1) is 0 Å². The highest BCUT2D eigenvalue weighted by atomic mass is 16.6. The molecule has 0 saturated carbocycles. The van der Waals surface area contributed by atoms with Crippen molar-refractivity contribution in [3.8, 4) is 0 Å². The Morgan fingerprint density at radius 1 is 1.41 bits per heavy atom. The molecule has 2 heterocycles. The Kier molecular flexibility index (Phi) is 2.81. The van der Waals surface area contributed by atoms with E-state index in [1.807, 2.05) is 39.8 Å². The lowest BCUT2D eigenvalue weighted by Gasteiger charge is -2.29. The van der Waals surface area contributed by atoms with E-state index in [1.165, 1.54) is 5.57 Å². The van der Waals surface area contributed by atoms with Crippen LogP contribution in [-0.4, -0.2) is 47.8 Å². The van der Waals surface area contributed by atoms with E-state index >= 15 is 0 Å². The summed E-state index contributed by atoms with van der Waals surface area (Å²) >= 11 is 0. The second kappa shape index (κ2) is 3.91. The Balaban J connectivity index is 2.01. The molecule has 0 bridgehead atoms. The summed E-state index contributed by atoms with van der Waals surface area (Å²) in [7, 11) is 2.00. The lowest BCUT2D eigenvalue weighted by Crippen LogP contribution is -2.43. The number of rotatable bonds is 0. The van der Waals surface area contributed by atoms with E-state index in [0.717, 1.165) is 12.2 Å². The number of carbonyl (C=O) groups is 1. The number of ether oxygens (including phenoxy) is 1. The third-order valence-electron chi connectivity index (χ3n) is 3.05. The highest BCUT2D eigenvalue weighted by molar-refractivity contribution is 5.70. The quantitative estimate of drug-likeness (QED) is 0.692. The minimum atomic E-state index is -0.436. The van der Waals surface area contributed by atoms with Gasteiger partial charge in [-0.1, -0.05) is 0 Å². The van der Waals surface area contributed by atoms with Crippen LogP contribution in [0, 0.1) is 0 Å². The maximum atomic E-state index is 12.0. The van der Waals surface area contributed by atoms with Crippen LogP contribution in [-0.2, 0) is 4.74 Å². The van der Waals surface area contributed by atoms with Gasteiger partial charge >= 0.3 is 6.09 Å². The van der Waals surface area contributed by atoms with Gasteiger partial charge in [0, 0.05) is 19.3 Å². The van der Waals surface area contributed by atoms with Gasteiger partial charge in [0.1, 0.15) is 5.60 Å². The van der Waals surface area contributed by atoms with Gasteiger partial charge < -0.3 is 10.2 Å². The van der Waals surface area contributed by atoms with Crippen molar-refractivity contribution in [3.63, 3.8) is 0 Å². The molecule has 0 spiro atoms. The van der Waals surface area contributed by atoms with Crippen molar-refractivity contribution in [1.82, 2.24) is 15.3 Å². The van der Waals surface area contributed by atoms with Crippen molar-refractivity contribution in [2.45, 2.75) is 39.3 Å². The average Bonchev–Trinajstić information content (AvgIpc) is 2.63. The molecule has 2 rings (SSSR count). The predicted octanol–water partition coefficient (Wildman–Crippen LogP) is 1.33. The van der Waals surface area contributed by atoms with Gasteiger partial charge in [-0.25, -0.2) is 9.80 Å². The molecule has 2 aliphatic heterocycles. The first kappa shape index (κ1) is 12.2. The molecule has 1 amide bonds. The fourth-order valence-corrected chi connectivity index (χ4v) is 2.25. The van der Waals surface area contributed by atoms with E-state index in [0.29, 0.717) is 6.54 Å². The van der Waals surface area contributed by atoms with Crippen molar-refractivity contribution < 1.29 is 9.53 Å². The molecule has 0 radical (unpaired) electrons. The number of nitrogens with zero attached hydrogens (tertiary/aromatic N) is 2. The standard InChI is InChI=1S/C12H21N3O2/c1-8-9-6-14(5)13-10(9)7-15(8)11(16)17-12(2,3)4/h8,13H,6-7H2,1-5H3. The van der Waals surface area contributed by atoms with Crippen LogP contribution in [0.2, 0.25) is 0 Å². The van der Waals surface area contributed by atoms with Crippen molar-refractivity contribution in [3.05, 3.63) is 11.3 Å². The number of nitrogens with one attached hydrogen (secondary N) is 1. The number of likely N-dealkylation sites (N-methyl/N-ethyl adjacent to an activating group) is 1. The Morgan fingerprint density at radius 2 is 2.06 bits per heavy atom. The molecule has 1 N–H and O–H groups in total. The summed E-state index contributed by atoms with van der Waals surface area (Å²) in [5, 5.41) is 2.04. The third kappa shape index (κ3) is 2.39. The van der Waals surface area contributed by atoms with Crippen LogP contribution in [0.3, 0.4) is 0 Å². The van der Waals surface area contributed by atoms with Crippen molar-refractivity contribution in [2.75, 3.05) is 20.1 Å². The van der Waals surface area contributed by atoms with Gasteiger partial charge in [0.25, 0.3) is 0 Å². The summed E-state index contributed by atoms with van der Waals surface area (Å²) in [5.41, 5.74) is 5.26. The Labute approximate surface area is 102 Å². The van der Waals surface area contributed by atoms with Crippen LogP contribution in [0.1, 0.15) is 27.7 Å². The minimum Gasteiger partial charge on any atom is -0.444 e. The molecule has 1 atom stereocenters. The lowest BCUT2D eigenvalue weighted by atomic mass is 10.1. The fourth-order valence-electron chi connectivity index (χ4n) is 2.25. The highest BCUT2D eigenvalue weighted by Crippen LogP contribution is 2.28. The van der Waals surface area contributed by atoms with Crippen molar-refractivity contribution in [2.24, 2.45) is 0 Å². The van der Waals surface area contributed by atoms with Gasteiger partial charge in [0.15, 0.2) is 0 Å². The van der Waals surface area contributed by atoms with Crippen LogP contribution in [0.25, 0.3) is 0 Å². The van der Waals surface area contributed by atoms with Crippen molar-refractivity contribution in [1.29, 1.82) is 0 Å². The zero-order valence-corrected chi connectivity index (χ0v) is 11.2. The topological polar surface area (TPSA) is 44.8 Å². The largest absolute Gasteiger partial charge is 0.444 e. The molecule has 5 nitrogen and oxygen atoms in total. The maximum Gasteiger partial charge on any atom is 0.411 e. The number of hydrogen-bond donors (Lipinski definition) is 1. The van der Waals surface area contributed by atoms with E-state index in [-0.39, 0.29) is 12.1 Å². The molecule has 17 heavy (non-hydrogen) atoms. The summed E-state index contributed by atoms with van der Waals surface area (Å²) in [4.78, 5) is 13.8. The average molecular weight is 239 g/mol. The summed E-state index contributed by atoms with van der Waals surface area (Å²) in [5.74, 6) is 0. The van der Waals surface area contributed by atoms with Gasteiger partial charge in [0.2, 0.25) is 0 Å². The van der Waals surface area contributed by atoms with E-state index in [9.17, 15) is 4.79 Å². The SMILES string of the molecule is CC1C2=C(CN1C(=O)OC(C)(C)C)NN(C)C2. The number of hydrogen-bond acceptors (Lipinski definition) is 4. The van der Waals surface area contributed by atoms with Gasteiger partial charge in [-0.05, 0) is 33.3 Å². The fraction of sp³-hybridized carbons (Fsp3) is 0.750. The first-order valence-electron chi connectivity index (χ1n) is 5.97. The first-order valence-corrected chi connectivity index (χ1v) is 5.97. The van der Waals surface area contributed by atoms with E-state index < -0.39 is 5.60 Å². The van der Waals surface area contributed by atoms with Gasteiger partial charge in [-0.3, -0.25) is 4.90 Å². The molecule has 2 aliphatic rings. The zero-order valence-electron chi connectivity index (χ0n) is 11.2. The molecule has 0 aromatic carbocycles. The molecule has 1 unspecified atom stereocenters. The summed E-state index contributed by atoms with van der Waals surface area (Å²) in [6.07, 6.45) is -0.233. The number of carbonyl (C=O) groups excluding carboxylic acids is 1. The maximum absolute atomic E-state index is 12.0. The lowest BCUT2D eigenvalue weighted by molar-refractivity contribution is 0.0233. The second-order valence-corrected chi connectivity index (χ2v) is 5.76. The van der Waals surface area contributed by atoms with Crippen molar-refractivity contribution >= 4 is 6.09 Å². The monoisotopic (exact) mass is 239 g/mol. The van der Waals surface area contributed by atoms with Crippen LogP contribution in [0.5, 0.6) is 0 Å². The van der Waals surface area contributed by atoms with Crippen LogP contribution < -0.4 is 5.43 Å². The summed E-state index contributed by atoms with van der Waals surface area (Å²) in [6, 6.07) is 0.122. The molecule has 0 fully saturated rings. The number of amides is 1. The van der Waals surface area contributed by atoms with Gasteiger partial charge in [0.05, 0.1) is 12.6 Å². The van der Waals surface area contributed by atoms with Crippen LogP contribution in [0.15, 0.2) is 11.3 Å². The molecule has 5 heteroatoms. The van der Waals surface area contributed by atoms with Gasteiger partial charge in [-0.2, -0.15) is 0 Å². The van der Waals surface area contributed by atoms with Crippen LogP contribution >= 0.6 is 0 Å². The van der Waals surface area contributed by atoms with Crippen LogP contribution in [0.4, 0.5) is 4.79 Å². The zero-order chi connectivity index (χ0) is 12.8. The van der Waals surface area contributed by atoms with E-state index in [2.05, 4.69) is 5.43 Å². The normalized spacial score (nSPS) is 25.0. The Bertz CT molecular complexity index is 370. The summed E-state index contributed by atoms with van der Waals surface area (Å²) in [6.45, 7) is 9.20. The molecule has 0 aliphatic carbocycles. The first-order chi connectivity index (χ1) is 7.78. The summed E-state index contributed by atoms with van der Waals surface area (Å²) < 4.78 is 5.40.